The summed E-state index contributed by atoms with van der Waals surface area (Å²) in [5.74, 6) is 0.439. The molecule has 0 saturated carbocycles. The zero-order chi connectivity index (χ0) is 12.2. The molecular formula is C12H20N4. The van der Waals surface area contributed by atoms with Gasteiger partial charge in [-0.1, -0.05) is 20.8 Å². The van der Waals surface area contributed by atoms with Crippen molar-refractivity contribution in [1.29, 1.82) is 0 Å². The number of nitrogens with zero attached hydrogens (tertiary/aromatic N) is 2. The number of aliphatic imine (C=N–C) groups is 1. The summed E-state index contributed by atoms with van der Waals surface area (Å²) in [7, 11) is 0. The molecule has 16 heavy (non-hydrogen) atoms. The van der Waals surface area contributed by atoms with Crippen molar-refractivity contribution in [3.63, 3.8) is 0 Å². The first-order chi connectivity index (χ1) is 7.39. The van der Waals surface area contributed by atoms with E-state index in [1.54, 1.807) is 12.4 Å². The van der Waals surface area contributed by atoms with Crippen molar-refractivity contribution in [2.45, 2.75) is 33.7 Å². The zero-order valence-electron chi connectivity index (χ0n) is 10.4. The number of aromatic nitrogens is 1. The van der Waals surface area contributed by atoms with E-state index >= 15 is 0 Å². The molecule has 0 amide bonds. The highest BCUT2D eigenvalue weighted by atomic mass is 15.1. The van der Waals surface area contributed by atoms with Gasteiger partial charge in [0.15, 0.2) is 5.96 Å². The van der Waals surface area contributed by atoms with E-state index in [1.165, 1.54) is 0 Å². The molecule has 4 heteroatoms. The van der Waals surface area contributed by atoms with Crippen LogP contribution < -0.4 is 11.1 Å². The minimum absolute atomic E-state index is 0.151. The third-order valence-electron chi connectivity index (χ3n) is 2.58. The molecule has 0 radical (unpaired) electrons. The van der Waals surface area contributed by atoms with Gasteiger partial charge >= 0.3 is 0 Å². The number of rotatable bonds is 2. The Morgan fingerprint density at radius 3 is 2.44 bits per heavy atom. The van der Waals surface area contributed by atoms with Crippen molar-refractivity contribution < 1.29 is 0 Å². The van der Waals surface area contributed by atoms with Gasteiger partial charge in [-0.3, -0.25) is 4.98 Å². The topological polar surface area (TPSA) is 63.3 Å². The summed E-state index contributed by atoms with van der Waals surface area (Å²) in [6.07, 6.45) is 3.39. The van der Waals surface area contributed by atoms with Crippen LogP contribution in [0.15, 0.2) is 29.5 Å². The molecule has 0 aromatic carbocycles. The number of pyridine rings is 1. The Hall–Kier alpha value is -1.58. The predicted molar refractivity (Wildman–Crippen MR) is 67.6 cm³/mol. The van der Waals surface area contributed by atoms with Crippen molar-refractivity contribution >= 4 is 11.6 Å². The Balaban J connectivity index is 2.66. The fourth-order valence-corrected chi connectivity index (χ4v) is 1.03. The standard InChI is InChI=1S/C12H20N4/c1-9(12(2,3)4)15-11(13)16-10-5-7-14-8-6-10/h5-9H,1-4H3,(H3,13,14,15,16). The molecule has 3 N–H and O–H groups in total. The van der Waals surface area contributed by atoms with E-state index in [1.807, 2.05) is 12.1 Å². The lowest BCUT2D eigenvalue weighted by molar-refractivity contribution is 0.315. The van der Waals surface area contributed by atoms with Gasteiger partial charge in [-0.25, -0.2) is 4.99 Å². The lowest BCUT2D eigenvalue weighted by Crippen LogP contribution is -2.44. The third kappa shape index (κ3) is 3.88. The molecule has 0 fully saturated rings. The number of guanidine groups is 1. The van der Waals surface area contributed by atoms with Gasteiger partial charge < -0.3 is 11.1 Å². The van der Waals surface area contributed by atoms with Crippen LogP contribution in [-0.4, -0.2) is 17.0 Å². The Bertz CT molecular complexity index is 351. The Kier molecular flexibility index (Phi) is 3.88. The quantitative estimate of drug-likeness (QED) is 0.592. The van der Waals surface area contributed by atoms with Gasteiger partial charge in [-0.15, -0.1) is 0 Å². The SMILES string of the molecule is CC(NC(N)=Nc1ccncc1)C(C)(C)C. The smallest absolute Gasteiger partial charge is 0.194 e. The molecule has 0 aliphatic heterocycles. The fraction of sp³-hybridized carbons (Fsp3) is 0.500. The van der Waals surface area contributed by atoms with Gasteiger partial charge in [0.25, 0.3) is 0 Å². The van der Waals surface area contributed by atoms with E-state index in [9.17, 15) is 0 Å². The van der Waals surface area contributed by atoms with Crippen molar-refractivity contribution in [2.75, 3.05) is 0 Å². The molecule has 0 bridgehead atoms. The highest BCUT2D eigenvalue weighted by Crippen LogP contribution is 2.18. The molecule has 0 saturated heterocycles. The molecular weight excluding hydrogens is 200 g/mol. The van der Waals surface area contributed by atoms with Crippen LogP contribution >= 0.6 is 0 Å². The lowest BCUT2D eigenvalue weighted by Gasteiger charge is -2.28. The van der Waals surface area contributed by atoms with E-state index in [0.717, 1.165) is 5.69 Å². The van der Waals surface area contributed by atoms with E-state index in [0.29, 0.717) is 5.96 Å². The summed E-state index contributed by atoms with van der Waals surface area (Å²) in [4.78, 5) is 8.18. The highest BCUT2D eigenvalue weighted by molar-refractivity contribution is 5.81. The van der Waals surface area contributed by atoms with Crippen LogP contribution in [0.5, 0.6) is 0 Å². The van der Waals surface area contributed by atoms with Gasteiger partial charge in [-0.05, 0) is 24.5 Å². The second-order valence-electron chi connectivity index (χ2n) is 4.93. The lowest BCUT2D eigenvalue weighted by atomic mass is 9.88. The van der Waals surface area contributed by atoms with Crippen molar-refractivity contribution in [1.82, 2.24) is 10.3 Å². The van der Waals surface area contributed by atoms with Crippen LogP contribution in [-0.2, 0) is 0 Å². The first-order valence-corrected chi connectivity index (χ1v) is 5.40. The van der Waals surface area contributed by atoms with Crippen LogP contribution in [0.4, 0.5) is 5.69 Å². The third-order valence-corrected chi connectivity index (χ3v) is 2.58. The van der Waals surface area contributed by atoms with Gasteiger partial charge in [0.1, 0.15) is 0 Å². The maximum atomic E-state index is 5.82. The molecule has 4 nitrogen and oxygen atoms in total. The Morgan fingerprint density at radius 1 is 1.38 bits per heavy atom. The molecule has 1 rings (SSSR count). The zero-order valence-corrected chi connectivity index (χ0v) is 10.4. The summed E-state index contributed by atoms with van der Waals surface area (Å²) in [6, 6.07) is 3.89. The molecule has 1 heterocycles. The number of nitrogens with two attached hydrogens (primary N) is 1. The van der Waals surface area contributed by atoms with Crippen LogP contribution in [0.1, 0.15) is 27.7 Å². The number of nitrogens with one attached hydrogen (secondary N) is 1. The maximum Gasteiger partial charge on any atom is 0.194 e. The van der Waals surface area contributed by atoms with Crippen molar-refractivity contribution in [3.05, 3.63) is 24.5 Å². The number of hydrogen-bond donors (Lipinski definition) is 2. The monoisotopic (exact) mass is 220 g/mol. The van der Waals surface area contributed by atoms with Crippen LogP contribution in [0.25, 0.3) is 0 Å². The second kappa shape index (κ2) is 4.96. The molecule has 88 valence electrons. The summed E-state index contributed by atoms with van der Waals surface area (Å²) in [5.41, 5.74) is 6.78. The highest BCUT2D eigenvalue weighted by Gasteiger charge is 2.19. The molecule has 1 aromatic rings. The van der Waals surface area contributed by atoms with Gasteiger partial charge in [0, 0.05) is 18.4 Å². The second-order valence-corrected chi connectivity index (χ2v) is 4.93. The molecule has 1 aromatic heterocycles. The largest absolute Gasteiger partial charge is 0.370 e. The minimum Gasteiger partial charge on any atom is -0.370 e. The molecule has 1 atom stereocenters. The Morgan fingerprint density at radius 2 is 1.94 bits per heavy atom. The minimum atomic E-state index is 0.151. The number of hydrogen-bond acceptors (Lipinski definition) is 2. The maximum absolute atomic E-state index is 5.82. The molecule has 0 spiro atoms. The molecule has 0 aliphatic rings. The van der Waals surface area contributed by atoms with E-state index in [4.69, 9.17) is 5.73 Å². The van der Waals surface area contributed by atoms with E-state index < -0.39 is 0 Å². The average molecular weight is 220 g/mol. The first-order valence-electron chi connectivity index (χ1n) is 5.40. The summed E-state index contributed by atoms with van der Waals surface area (Å²) in [5, 5.41) is 3.18. The Labute approximate surface area is 97.0 Å². The van der Waals surface area contributed by atoms with Crippen molar-refractivity contribution in [3.8, 4) is 0 Å². The molecule has 1 unspecified atom stereocenters. The van der Waals surface area contributed by atoms with E-state index in [2.05, 4.69) is 43.0 Å². The normalized spacial score (nSPS) is 14.6. The van der Waals surface area contributed by atoms with Gasteiger partial charge in [0.05, 0.1) is 5.69 Å². The predicted octanol–water partition coefficient (Wildman–Crippen LogP) is 2.05. The first kappa shape index (κ1) is 12.5. The summed E-state index contributed by atoms with van der Waals surface area (Å²) >= 11 is 0. The van der Waals surface area contributed by atoms with Crippen LogP contribution in [0.3, 0.4) is 0 Å². The van der Waals surface area contributed by atoms with Gasteiger partial charge in [-0.2, -0.15) is 0 Å². The van der Waals surface area contributed by atoms with Gasteiger partial charge in [0.2, 0.25) is 0 Å². The molecule has 0 aliphatic carbocycles. The fourth-order valence-electron chi connectivity index (χ4n) is 1.03. The van der Waals surface area contributed by atoms with E-state index in [-0.39, 0.29) is 11.5 Å². The van der Waals surface area contributed by atoms with Crippen LogP contribution in [0.2, 0.25) is 0 Å². The summed E-state index contributed by atoms with van der Waals surface area (Å²) in [6.45, 7) is 8.56. The van der Waals surface area contributed by atoms with Crippen molar-refractivity contribution in [2.24, 2.45) is 16.1 Å². The average Bonchev–Trinajstić information content (AvgIpc) is 2.17. The summed E-state index contributed by atoms with van der Waals surface area (Å²) < 4.78 is 0. The van der Waals surface area contributed by atoms with Crippen LogP contribution in [0, 0.1) is 5.41 Å².